The Morgan fingerprint density at radius 1 is 1.10 bits per heavy atom. The molecule has 0 atom stereocenters. The van der Waals surface area contributed by atoms with Crippen LogP contribution in [-0.2, 0) is 20.8 Å². The van der Waals surface area contributed by atoms with Crippen molar-refractivity contribution in [2.24, 2.45) is 0 Å². The summed E-state index contributed by atoms with van der Waals surface area (Å²) in [4.78, 5) is 4.47. The fraction of sp³-hybridized carbons (Fsp3) is 0.786. The van der Waals surface area contributed by atoms with Crippen molar-refractivity contribution in [3.8, 4) is 0 Å². The summed E-state index contributed by atoms with van der Waals surface area (Å²) in [6.45, 7) is 6.52. The summed E-state index contributed by atoms with van der Waals surface area (Å²) in [7, 11) is 3.38. The number of aryl methyl sites for hydroxylation is 2. The molecule has 0 fully saturated rings. The number of imidazole rings is 1. The SMILES string of the molecule is COCCNc1nc(C)cn1CCCCOCCOC. The summed E-state index contributed by atoms with van der Waals surface area (Å²) in [6, 6.07) is 0. The zero-order valence-electron chi connectivity index (χ0n) is 12.9. The molecular formula is C14H27N3O3. The highest BCUT2D eigenvalue weighted by molar-refractivity contribution is 5.28. The summed E-state index contributed by atoms with van der Waals surface area (Å²) >= 11 is 0. The van der Waals surface area contributed by atoms with E-state index < -0.39 is 0 Å². The van der Waals surface area contributed by atoms with Crippen molar-refractivity contribution in [1.82, 2.24) is 9.55 Å². The molecule has 0 aliphatic rings. The molecule has 20 heavy (non-hydrogen) atoms. The third kappa shape index (κ3) is 6.88. The van der Waals surface area contributed by atoms with E-state index in [1.54, 1.807) is 14.2 Å². The van der Waals surface area contributed by atoms with E-state index in [-0.39, 0.29) is 0 Å². The topological polar surface area (TPSA) is 57.5 Å². The quantitative estimate of drug-likeness (QED) is 0.592. The largest absolute Gasteiger partial charge is 0.383 e. The first-order chi connectivity index (χ1) is 9.77. The van der Waals surface area contributed by atoms with Crippen LogP contribution in [-0.4, -0.2) is 56.7 Å². The molecule has 116 valence electrons. The first-order valence-electron chi connectivity index (χ1n) is 7.11. The van der Waals surface area contributed by atoms with Crippen molar-refractivity contribution >= 4 is 5.95 Å². The van der Waals surface area contributed by atoms with Crippen LogP contribution in [0.5, 0.6) is 0 Å². The summed E-state index contributed by atoms with van der Waals surface area (Å²) in [6.07, 6.45) is 4.18. The van der Waals surface area contributed by atoms with Gasteiger partial charge in [0, 0.05) is 40.1 Å². The number of hydrogen-bond acceptors (Lipinski definition) is 5. The van der Waals surface area contributed by atoms with Gasteiger partial charge >= 0.3 is 0 Å². The normalized spacial score (nSPS) is 10.9. The molecule has 0 saturated carbocycles. The van der Waals surface area contributed by atoms with Crippen LogP contribution >= 0.6 is 0 Å². The molecular weight excluding hydrogens is 258 g/mol. The minimum atomic E-state index is 0.661. The van der Waals surface area contributed by atoms with Crippen molar-refractivity contribution in [2.75, 3.05) is 52.5 Å². The first-order valence-corrected chi connectivity index (χ1v) is 7.11. The second-order valence-electron chi connectivity index (χ2n) is 4.63. The molecule has 1 aromatic heterocycles. The molecule has 1 N–H and O–H groups in total. The van der Waals surface area contributed by atoms with Gasteiger partial charge in [0.2, 0.25) is 5.95 Å². The molecule has 0 aromatic carbocycles. The van der Waals surface area contributed by atoms with E-state index in [1.807, 2.05) is 6.92 Å². The Labute approximate surface area is 121 Å². The standard InChI is InChI=1S/C14H27N3O3/c1-13-12-17(14(16-13)15-6-9-18-2)7-4-5-8-20-11-10-19-3/h12H,4-11H2,1-3H3,(H,15,16). The maximum Gasteiger partial charge on any atom is 0.203 e. The van der Waals surface area contributed by atoms with Gasteiger partial charge in [-0.15, -0.1) is 0 Å². The number of nitrogens with zero attached hydrogens (tertiary/aromatic N) is 2. The van der Waals surface area contributed by atoms with Crippen LogP contribution in [0.15, 0.2) is 6.20 Å². The third-order valence-corrected chi connectivity index (χ3v) is 2.86. The lowest BCUT2D eigenvalue weighted by Gasteiger charge is -2.09. The Kier molecular flexibility index (Phi) is 9.02. The number of unbranched alkanes of at least 4 members (excludes halogenated alkanes) is 1. The Morgan fingerprint density at radius 2 is 1.90 bits per heavy atom. The zero-order chi connectivity index (χ0) is 14.6. The van der Waals surface area contributed by atoms with Gasteiger partial charge in [-0.25, -0.2) is 4.98 Å². The number of methoxy groups -OCH3 is 2. The van der Waals surface area contributed by atoms with Gasteiger partial charge in [-0.2, -0.15) is 0 Å². The summed E-state index contributed by atoms with van der Waals surface area (Å²) < 4.78 is 17.6. The van der Waals surface area contributed by atoms with Gasteiger partial charge in [0.15, 0.2) is 0 Å². The molecule has 0 aliphatic carbocycles. The van der Waals surface area contributed by atoms with Crippen LogP contribution < -0.4 is 5.32 Å². The Morgan fingerprint density at radius 3 is 2.65 bits per heavy atom. The van der Waals surface area contributed by atoms with Gasteiger partial charge in [-0.05, 0) is 19.8 Å². The maximum atomic E-state index is 5.44. The molecule has 0 aliphatic heterocycles. The van der Waals surface area contributed by atoms with Crippen LogP contribution in [0.3, 0.4) is 0 Å². The van der Waals surface area contributed by atoms with Crippen LogP contribution in [0.2, 0.25) is 0 Å². The summed E-state index contributed by atoms with van der Waals surface area (Å²) in [5.74, 6) is 0.917. The number of anilines is 1. The van der Waals surface area contributed by atoms with Crippen LogP contribution in [0.1, 0.15) is 18.5 Å². The van der Waals surface area contributed by atoms with Crippen molar-refractivity contribution in [1.29, 1.82) is 0 Å². The minimum absolute atomic E-state index is 0.661. The van der Waals surface area contributed by atoms with E-state index in [4.69, 9.17) is 14.2 Å². The summed E-state index contributed by atoms with van der Waals surface area (Å²) in [5, 5.41) is 3.28. The second kappa shape index (κ2) is 10.7. The average Bonchev–Trinajstić information content (AvgIpc) is 2.78. The molecule has 6 nitrogen and oxygen atoms in total. The van der Waals surface area contributed by atoms with Gasteiger partial charge < -0.3 is 24.1 Å². The van der Waals surface area contributed by atoms with Gasteiger partial charge in [-0.1, -0.05) is 0 Å². The molecule has 6 heteroatoms. The van der Waals surface area contributed by atoms with Gasteiger partial charge in [0.25, 0.3) is 0 Å². The highest BCUT2D eigenvalue weighted by atomic mass is 16.5. The predicted octanol–water partition coefficient (Wildman–Crippen LogP) is 1.69. The molecule has 0 unspecified atom stereocenters. The van der Waals surface area contributed by atoms with Crippen LogP contribution in [0.4, 0.5) is 5.95 Å². The van der Waals surface area contributed by atoms with E-state index >= 15 is 0 Å². The lowest BCUT2D eigenvalue weighted by molar-refractivity contribution is 0.0684. The van der Waals surface area contributed by atoms with Gasteiger partial charge in [0.1, 0.15) is 0 Å². The lowest BCUT2D eigenvalue weighted by atomic mass is 10.3. The number of rotatable bonds is 12. The smallest absolute Gasteiger partial charge is 0.203 e. The number of hydrogen-bond donors (Lipinski definition) is 1. The minimum Gasteiger partial charge on any atom is -0.383 e. The van der Waals surface area contributed by atoms with Crippen molar-refractivity contribution in [2.45, 2.75) is 26.3 Å². The monoisotopic (exact) mass is 285 g/mol. The molecule has 0 amide bonds. The highest BCUT2D eigenvalue weighted by Gasteiger charge is 2.04. The van der Waals surface area contributed by atoms with E-state index in [2.05, 4.69) is 21.1 Å². The van der Waals surface area contributed by atoms with E-state index in [0.29, 0.717) is 19.8 Å². The molecule has 1 heterocycles. The van der Waals surface area contributed by atoms with E-state index in [0.717, 1.165) is 44.2 Å². The Balaban J connectivity index is 2.21. The number of nitrogens with one attached hydrogen (secondary N) is 1. The average molecular weight is 285 g/mol. The predicted molar refractivity (Wildman–Crippen MR) is 79.3 cm³/mol. The maximum absolute atomic E-state index is 5.44. The fourth-order valence-corrected chi connectivity index (χ4v) is 1.85. The summed E-state index contributed by atoms with van der Waals surface area (Å²) in [5.41, 5.74) is 1.03. The molecule has 1 aromatic rings. The fourth-order valence-electron chi connectivity index (χ4n) is 1.85. The number of ether oxygens (including phenoxy) is 3. The van der Waals surface area contributed by atoms with Crippen LogP contribution in [0, 0.1) is 6.92 Å². The molecule has 0 radical (unpaired) electrons. The zero-order valence-corrected chi connectivity index (χ0v) is 12.9. The van der Waals surface area contributed by atoms with Crippen molar-refractivity contribution < 1.29 is 14.2 Å². The Hall–Kier alpha value is -1.11. The first kappa shape index (κ1) is 16.9. The van der Waals surface area contributed by atoms with Gasteiger partial charge in [-0.3, -0.25) is 0 Å². The highest BCUT2D eigenvalue weighted by Crippen LogP contribution is 2.09. The van der Waals surface area contributed by atoms with E-state index in [1.165, 1.54) is 0 Å². The van der Waals surface area contributed by atoms with Gasteiger partial charge in [0.05, 0.1) is 25.5 Å². The second-order valence-corrected chi connectivity index (χ2v) is 4.63. The lowest BCUT2D eigenvalue weighted by Crippen LogP contribution is -2.12. The number of aromatic nitrogens is 2. The van der Waals surface area contributed by atoms with E-state index in [9.17, 15) is 0 Å². The molecule has 0 saturated heterocycles. The van der Waals surface area contributed by atoms with Crippen molar-refractivity contribution in [3.63, 3.8) is 0 Å². The molecule has 1 rings (SSSR count). The van der Waals surface area contributed by atoms with Crippen molar-refractivity contribution in [3.05, 3.63) is 11.9 Å². The molecule has 0 spiro atoms. The molecule has 0 bridgehead atoms. The third-order valence-electron chi connectivity index (χ3n) is 2.86. The Bertz CT molecular complexity index is 355. The van der Waals surface area contributed by atoms with Crippen LogP contribution in [0.25, 0.3) is 0 Å².